The Morgan fingerprint density at radius 3 is 2.50 bits per heavy atom. The molecule has 2 N–H and O–H groups in total. The predicted octanol–water partition coefficient (Wildman–Crippen LogP) is 1.91. The Hall–Kier alpha value is -0.850. The normalized spacial score (nSPS) is 9.42. The van der Waals surface area contributed by atoms with Crippen molar-refractivity contribution in [2.24, 2.45) is 5.73 Å². The van der Waals surface area contributed by atoms with E-state index in [1.165, 1.54) is 0 Å². The molecule has 0 atom stereocenters. The summed E-state index contributed by atoms with van der Waals surface area (Å²) < 4.78 is 0. The van der Waals surface area contributed by atoms with Crippen LogP contribution in [0.15, 0.2) is 18.2 Å². The van der Waals surface area contributed by atoms with Gasteiger partial charge < -0.3 is 5.73 Å². The van der Waals surface area contributed by atoms with Crippen molar-refractivity contribution in [1.29, 1.82) is 5.26 Å². The number of nitrogens with zero attached hydrogens (tertiary/aromatic N) is 1. The Bertz CT molecular complexity index is 293. The molecule has 0 heterocycles. The van der Waals surface area contributed by atoms with Gasteiger partial charge in [-0.05, 0) is 23.3 Å². The second-order valence-electron chi connectivity index (χ2n) is 2.49. The van der Waals surface area contributed by atoms with Crippen LogP contribution in [0.25, 0.3) is 0 Å². The summed E-state index contributed by atoms with van der Waals surface area (Å²) in [5.41, 5.74) is 8.24. The van der Waals surface area contributed by atoms with E-state index in [2.05, 4.69) is 22.0 Å². The lowest BCUT2D eigenvalue weighted by Gasteiger charge is -2.00. The van der Waals surface area contributed by atoms with Crippen LogP contribution in [0.2, 0.25) is 0 Å². The first kappa shape index (κ1) is 9.24. The number of nitrogens with two attached hydrogens (primary N) is 1. The molecule has 0 aromatic heterocycles. The Balaban J connectivity index is 3.12. The van der Waals surface area contributed by atoms with E-state index in [4.69, 9.17) is 11.0 Å². The van der Waals surface area contributed by atoms with Gasteiger partial charge in [0, 0.05) is 11.9 Å². The van der Waals surface area contributed by atoms with Crippen LogP contribution in [0.3, 0.4) is 0 Å². The third-order valence-electron chi connectivity index (χ3n) is 1.57. The molecule has 0 amide bonds. The monoisotopic (exact) mass is 224 g/mol. The summed E-state index contributed by atoms with van der Waals surface area (Å²) in [4.78, 5) is 0. The van der Waals surface area contributed by atoms with Crippen LogP contribution in [0.5, 0.6) is 0 Å². The molecule has 62 valence electrons. The minimum atomic E-state index is 0.482. The molecule has 1 rings (SSSR count). The maximum Gasteiger partial charge on any atom is 0.0991 e. The SMILES string of the molecule is N#Cc1cc(CN)cc(CBr)c1. The van der Waals surface area contributed by atoms with Crippen molar-refractivity contribution >= 4 is 15.9 Å². The van der Waals surface area contributed by atoms with Crippen LogP contribution in [0.1, 0.15) is 16.7 Å². The molecular formula is C9H9BrN2. The number of rotatable bonds is 2. The van der Waals surface area contributed by atoms with Crippen molar-refractivity contribution in [3.05, 3.63) is 34.9 Å². The molecule has 0 fully saturated rings. The molecule has 12 heavy (non-hydrogen) atoms. The van der Waals surface area contributed by atoms with Crippen molar-refractivity contribution in [3.63, 3.8) is 0 Å². The smallest absolute Gasteiger partial charge is 0.0991 e. The first-order valence-corrected chi connectivity index (χ1v) is 4.71. The Kier molecular flexibility index (Phi) is 3.27. The molecule has 0 spiro atoms. The van der Waals surface area contributed by atoms with Gasteiger partial charge in [-0.25, -0.2) is 0 Å². The molecule has 2 nitrogen and oxygen atoms in total. The lowest BCUT2D eigenvalue weighted by Crippen LogP contribution is -1.97. The summed E-state index contributed by atoms with van der Waals surface area (Å²) >= 11 is 3.33. The minimum Gasteiger partial charge on any atom is -0.326 e. The molecular weight excluding hydrogens is 216 g/mol. The second-order valence-corrected chi connectivity index (χ2v) is 3.05. The third kappa shape index (κ3) is 2.07. The van der Waals surface area contributed by atoms with Gasteiger partial charge in [-0.15, -0.1) is 0 Å². The molecule has 0 unspecified atom stereocenters. The Morgan fingerprint density at radius 1 is 1.33 bits per heavy atom. The first-order valence-electron chi connectivity index (χ1n) is 3.59. The van der Waals surface area contributed by atoms with Crippen LogP contribution in [0.4, 0.5) is 0 Å². The third-order valence-corrected chi connectivity index (χ3v) is 2.22. The molecule has 0 aliphatic heterocycles. The summed E-state index contributed by atoms with van der Waals surface area (Å²) in [6.07, 6.45) is 0. The van der Waals surface area contributed by atoms with E-state index < -0.39 is 0 Å². The highest BCUT2D eigenvalue weighted by molar-refractivity contribution is 9.08. The van der Waals surface area contributed by atoms with Crippen LogP contribution >= 0.6 is 15.9 Å². The van der Waals surface area contributed by atoms with E-state index >= 15 is 0 Å². The maximum atomic E-state index is 8.67. The van der Waals surface area contributed by atoms with E-state index in [-0.39, 0.29) is 0 Å². The van der Waals surface area contributed by atoms with Gasteiger partial charge in [0.15, 0.2) is 0 Å². The summed E-state index contributed by atoms with van der Waals surface area (Å²) in [5, 5.41) is 9.43. The lowest BCUT2D eigenvalue weighted by atomic mass is 10.1. The lowest BCUT2D eigenvalue weighted by molar-refractivity contribution is 1.06. The van der Waals surface area contributed by atoms with E-state index in [1.807, 2.05) is 18.2 Å². The molecule has 1 aromatic rings. The van der Waals surface area contributed by atoms with E-state index in [1.54, 1.807) is 0 Å². The number of hydrogen-bond donors (Lipinski definition) is 1. The second kappa shape index (κ2) is 4.24. The maximum absolute atomic E-state index is 8.67. The van der Waals surface area contributed by atoms with Crippen LogP contribution in [-0.2, 0) is 11.9 Å². The highest BCUT2D eigenvalue weighted by Gasteiger charge is 1.97. The number of alkyl halides is 1. The average molecular weight is 225 g/mol. The summed E-state index contributed by atoms with van der Waals surface area (Å²) in [5.74, 6) is 0. The molecule has 0 radical (unpaired) electrons. The summed E-state index contributed by atoms with van der Waals surface area (Å²) in [6.45, 7) is 0.482. The highest BCUT2D eigenvalue weighted by Crippen LogP contribution is 2.12. The van der Waals surface area contributed by atoms with Crippen LogP contribution < -0.4 is 5.73 Å². The number of hydrogen-bond acceptors (Lipinski definition) is 2. The van der Waals surface area contributed by atoms with Gasteiger partial charge in [0.05, 0.1) is 11.6 Å². The molecule has 0 saturated carbocycles. The fourth-order valence-corrected chi connectivity index (χ4v) is 1.35. The molecule has 0 aliphatic rings. The molecule has 1 aromatic carbocycles. The van der Waals surface area contributed by atoms with Gasteiger partial charge in [-0.3, -0.25) is 0 Å². The van der Waals surface area contributed by atoms with Crippen LogP contribution in [0, 0.1) is 11.3 Å². The minimum absolute atomic E-state index is 0.482. The Labute approximate surface area is 80.1 Å². The Morgan fingerprint density at radius 2 is 2.00 bits per heavy atom. The van der Waals surface area contributed by atoms with Crippen LogP contribution in [-0.4, -0.2) is 0 Å². The van der Waals surface area contributed by atoms with Crippen molar-refractivity contribution in [2.75, 3.05) is 0 Å². The zero-order chi connectivity index (χ0) is 8.97. The van der Waals surface area contributed by atoms with E-state index in [9.17, 15) is 0 Å². The van der Waals surface area contributed by atoms with Crippen molar-refractivity contribution in [3.8, 4) is 6.07 Å². The van der Waals surface area contributed by atoms with Gasteiger partial charge in [-0.1, -0.05) is 22.0 Å². The van der Waals surface area contributed by atoms with Gasteiger partial charge in [-0.2, -0.15) is 5.26 Å². The molecule has 0 bridgehead atoms. The number of benzene rings is 1. The first-order chi connectivity index (χ1) is 5.80. The van der Waals surface area contributed by atoms with E-state index in [0.717, 1.165) is 16.5 Å². The quantitative estimate of drug-likeness (QED) is 0.781. The van der Waals surface area contributed by atoms with Crippen molar-refractivity contribution in [1.82, 2.24) is 0 Å². The zero-order valence-electron chi connectivity index (χ0n) is 6.55. The van der Waals surface area contributed by atoms with Gasteiger partial charge in [0.1, 0.15) is 0 Å². The van der Waals surface area contributed by atoms with E-state index in [0.29, 0.717) is 12.1 Å². The molecule has 0 saturated heterocycles. The largest absolute Gasteiger partial charge is 0.326 e. The van der Waals surface area contributed by atoms with Gasteiger partial charge >= 0.3 is 0 Å². The fraction of sp³-hybridized carbons (Fsp3) is 0.222. The van der Waals surface area contributed by atoms with Gasteiger partial charge in [0.2, 0.25) is 0 Å². The number of halogens is 1. The van der Waals surface area contributed by atoms with Gasteiger partial charge in [0.25, 0.3) is 0 Å². The summed E-state index contributed by atoms with van der Waals surface area (Å²) in [7, 11) is 0. The van der Waals surface area contributed by atoms with Crippen molar-refractivity contribution in [2.45, 2.75) is 11.9 Å². The standard InChI is InChI=1S/C9H9BrN2/c10-4-7-1-8(5-11)3-9(2-7)6-12/h1-3H,4-5,11H2. The molecule has 0 aliphatic carbocycles. The number of nitriles is 1. The predicted molar refractivity (Wildman–Crippen MR) is 51.7 cm³/mol. The zero-order valence-corrected chi connectivity index (χ0v) is 8.13. The topological polar surface area (TPSA) is 49.8 Å². The fourth-order valence-electron chi connectivity index (χ4n) is 1.02. The highest BCUT2D eigenvalue weighted by atomic mass is 79.9. The van der Waals surface area contributed by atoms with Crippen molar-refractivity contribution < 1.29 is 0 Å². The molecule has 3 heteroatoms. The summed E-state index contributed by atoms with van der Waals surface area (Å²) in [6, 6.07) is 7.76. The average Bonchev–Trinajstić information content (AvgIpc) is 2.16.